The Balaban J connectivity index is 2.51. The van der Waals surface area contributed by atoms with Crippen LogP contribution < -0.4 is 10.1 Å². The Kier molecular flexibility index (Phi) is 6.59. The Morgan fingerprint density at radius 3 is 2.24 bits per heavy atom. The quantitative estimate of drug-likeness (QED) is 0.856. The molecule has 1 unspecified atom stereocenters. The van der Waals surface area contributed by atoms with Crippen LogP contribution in [-0.4, -0.2) is 22.5 Å². The van der Waals surface area contributed by atoms with Crippen LogP contribution in [0.5, 0.6) is 5.75 Å². The summed E-state index contributed by atoms with van der Waals surface area (Å²) in [7, 11) is 0. The van der Waals surface area contributed by atoms with E-state index in [-0.39, 0.29) is 22.8 Å². The van der Waals surface area contributed by atoms with Gasteiger partial charge in [-0.1, -0.05) is 32.9 Å². The number of carbonyl (C=O) groups is 1. The lowest BCUT2D eigenvalue weighted by atomic mass is 10.1. The average Bonchev–Trinajstić information content (AvgIpc) is 2.35. The zero-order valence-electron chi connectivity index (χ0n) is 13.9. The van der Waals surface area contributed by atoms with Gasteiger partial charge in [0.2, 0.25) is 5.91 Å². The van der Waals surface area contributed by atoms with Gasteiger partial charge in [0.1, 0.15) is 5.75 Å². The van der Waals surface area contributed by atoms with Gasteiger partial charge in [-0.2, -0.15) is 0 Å². The Morgan fingerprint density at radius 1 is 1.19 bits per heavy atom. The zero-order valence-corrected chi connectivity index (χ0v) is 14.7. The first-order valence-corrected chi connectivity index (χ1v) is 8.36. The first-order valence-electron chi connectivity index (χ1n) is 7.37. The van der Waals surface area contributed by atoms with Gasteiger partial charge in [-0.3, -0.25) is 4.79 Å². The van der Waals surface area contributed by atoms with E-state index >= 15 is 0 Å². The minimum Gasteiger partial charge on any atom is -0.491 e. The number of hydrogen-bond acceptors (Lipinski definition) is 3. The SMILES string of the molecule is CC(C)Oc1ccc(C(C)NC(=O)CSC(C)(C)C)cc1. The zero-order chi connectivity index (χ0) is 16.0. The van der Waals surface area contributed by atoms with E-state index in [1.165, 1.54) is 0 Å². The van der Waals surface area contributed by atoms with Crippen LogP contribution in [0.1, 0.15) is 53.1 Å². The number of benzene rings is 1. The molecule has 0 radical (unpaired) electrons. The van der Waals surface area contributed by atoms with Gasteiger partial charge < -0.3 is 10.1 Å². The monoisotopic (exact) mass is 309 g/mol. The molecular weight excluding hydrogens is 282 g/mol. The maximum atomic E-state index is 11.9. The topological polar surface area (TPSA) is 38.3 Å². The summed E-state index contributed by atoms with van der Waals surface area (Å²) in [6.45, 7) is 12.3. The molecule has 0 aromatic heterocycles. The highest BCUT2D eigenvalue weighted by atomic mass is 32.2. The van der Waals surface area contributed by atoms with E-state index in [9.17, 15) is 4.79 Å². The molecule has 4 heteroatoms. The van der Waals surface area contributed by atoms with Crippen LogP contribution in [0.3, 0.4) is 0 Å². The lowest BCUT2D eigenvalue weighted by Crippen LogP contribution is -2.29. The smallest absolute Gasteiger partial charge is 0.230 e. The van der Waals surface area contributed by atoms with Crippen molar-refractivity contribution >= 4 is 17.7 Å². The maximum Gasteiger partial charge on any atom is 0.230 e. The summed E-state index contributed by atoms with van der Waals surface area (Å²) in [4.78, 5) is 11.9. The first-order chi connectivity index (χ1) is 9.67. The molecule has 1 rings (SSSR count). The number of rotatable bonds is 6. The summed E-state index contributed by atoms with van der Waals surface area (Å²) in [5.74, 6) is 1.42. The summed E-state index contributed by atoms with van der Waals surface area (Å²) in [6, 6.07) is 7.90. The highest BCUT2D eigenvalue weighted by Crippen LogP contribution is 2.23. The average molecular weight is 309 g/mol. The Bertz CT molecular complexity index is 449. The van der Waals surface area contributed by atoms with Gasteiger partial charge in [-0.05, 0) is 38.5 Å². The van der Waals surface area contributed by atoms with Crippen molar-refractivity contribution in [1.82, 2.24) is 5.32 Å². The summed E-state index contributed by atoms with van der Waals surface area (Å²) in [5, 5.41) is 3.03. The van der Waals surface area contributed by atoms with Gasteiger partial charge in [0, 0.05) is 4.75 Å². The second-order valence-electron chi connectivity index (χ2n) is 6.43. The van der Waals surface area contributed by atoms with Crippen LogP contribution in [0.15, 0.2) is 24.3 Å². The van der Waals surface area contributed by atoms with E-state index in [2.05, 4.69) is 26.1 Å². The van der Waals surface area contributed by atoms with Gasteiger partial charge in [0.25, 0.3) is 0 Å². The van der Waals surface area contributed by atoms with E-state index in [4.69, 9.17) is 4.74 Å². The third kappa shape index (κ3) is 7.42. The van der Waals surface area contributed by atoms with Crippen LogP contribution >= 0.6 is 11.8 Å². The molecule has 3 nitrogen and oxygen atoms in total. The van der Waals surface area contributed by atoms with Crippen LogP contribution in [0.4, 0.5) is 0 Å². The van der Waals surface area contributed by atoms with Crippen molar-refractivity contribution < 1.29 is 9.53 Å². The number of thioether (sulfide) groups is 1. The highest BCUT2D eigenvalue weighted by molar-refractivity contribution is 8.01. The van der Waals surface area contributed by atoms with Gasteiger partial charge in [0.15, 0.2) is 0 Å². The molecule has 118 valence electrons. The fourth-order valence-electron chi connectivity index (χ4n) is 1.76. The largest absolute Gasteiger partial charge is 0.491 e. The minimum atomic E-state index is 0.00571. The van der Waals surface area contributed by atoms with Gasteiger partial charge >= 0.3 is 0 Å². The standard InChI is InChI=1S/C17H27NO2S/c1-12(2)20-15-9-7-14(8-10-15)13(3)18-16(19)11-21-17(4,5)6/h7-10,12-13H,11H2,1-6H3,(H,18,19). The first kappa shape index (κ1) is 17.9. The number of nitrogens with one attached hydrogen (secondary N) is 1. The van der Waals surface area contributed by atoms with E-state index < -0.39 is 0 Å². The van der Waals surface area contributed by atoms with Gasteiger partial charge in [-0.15, -0.1) is 11.8 Å². The normalized spacial score (nSPS) is 13.1. The molecule has 0 spiro atoms. The Morgan fingerprint density at radius 2 is 1.76 bits per heavy atom. The summed E-state index contributed by atoms with van der Waals surface area (Å²) in [6.07, 6.45) is 0.169. The fourth-order valence-corrected chi connectivity index (χ4v) is 2.40. The van der Waals surface area contributed by atoms with Crippen molar-refractivity contribution in [3.63, 3.8) is 0 Å². The molecule has 21 heavy (non-hydrogen) atoms. The van der Waals surface area contributed by atoms with Crippen molar-refractivity contribution in [2.45, 2.75) is 58.4 Å². The molecule has 0 bridgehead atoms. The summed E-state index contributed by atoms with van der Waals surface area (Å²) in [5.41, 5.74) is 1.08. The molecule has 1 atom stereocenters. The third-order valence-corrected chi connectivity index (χ3v) is 4.04. The van der Waals surface area contributed by atoms with Crippen molar-refractivity contribution in [3.05, 3.63) is 29.8 Å². The molecule has 0 aliphatic heterocycles. The van der Waals surface area contributed by atoms with Crippen molar-refractivity contribution in [2.24, 2.45) is 0 Å². The predicted octanol–water partition coefficient (Wildman–Crippen LogP) is 4.18. The Hall–Kier alpha value is -1.16. The van der Waals surface area contributed by atoms with Gasteiger partial charge in [-0.25, -0.2) is 0 Å². The number of ether oxygens (including phenoxy) is 1. The lowest BCUT2D eigenvalue weighted by molar-refractivity contribution is -0.119. The van der Waals surface area contributed by atoms with Crippen LogP contribution in [0.25, 0.3) is 0 Å². The molecule has 1 aromatic carbocycles. The highest BCUT2D eigenvalue weighted by Gasteiger charge is 2.15. The number of carbonyl (C=O) groups excluding carboxylic acids is 1. The molecular formula is C17H27NO2S. The lowest BCUT2D eigenvalue weighted by Gasteiger charge is -2.19. The maximum absolute atomic E-state index is 11.9. The second-order valence-corrected chi connectivity index (χ2v) is 8.23. The molecule has 0 fully saturated rings. The molecule has 1 N–H and O–H groups in total. The van der Waals surface area contributed by atoms with E-state index in [1.807, 2.05) is 45.0 Å². The number of hydrogen-bond donors (Lipinski definition) is 1. The number of amides is 1. The fraction of sp³-hybridized carbons (Fsp3) is 0.588. The van der Waals surface area contributed by atoms with E-state index in [0.717, 1.165) is 11.3 Å². The predicted molar refractivity (Wildman–Crippen MR) is 91.0 cm³/mol. The molecule has 1 aromatic rings. The molecule has 0 aliphatic rings. The van der Waals surface area contributed by atoms with Crippen molar-refractivity contribution in [3.8, 4) is 5.75 Å². The Labute approximate surface area is 132 Å². The van der Waals surface area contributed by atoms with Crippen molar-refractivity contribution in [2.75, 3.05) is 5.75 Å². The van der Waals surface area contributed by atoms with Crippen LogP contribution in [0.2, 0.25) is 0 Å². The molecule has 0 saturated carbocycles. The molecule has 1 amide bonds. The van der Waals surface area contributed by atoms with E-state index in [1.54, 1.807) is 11.8 Å². The third-order valence-electron chi connectivity index (χ3n) is 2.77. The molecule has 0 heterocycles. The van der Waals surface area contributed by atoms with Crippen LogP contribution in [0, 0.1) is 0 Å². The minimum absolute atomic E-state index is 0.00571. The molecule has 0 saturated heterocycles. The van der Waals surface area contributed by atoms with Gasteiger partial charge in [0.05, 0.1) is 17.9 Å². The van der Waals surface area contributed by atoms with Crippen LogP contribution in [-0.2, 0) is 4.79 Å². The van der Waals surface area contributed by atoms with Crippen molar-refractivity contribution in [1.29, 1.82) is 0 Å². The summed E-state index contributed by atoms with van der Waals surface area (Å²) < 4.78 is 5.72. The second kappa shape index (κ2) is 7.74. The summed E-state index contributed by atoms with van der Waals surface area (Å²) >= 11 is 1.66. The molecule has 0 aliphatic carbocycles. The van der Waals surface area contributed by atoms with E-state index in [0.29, 0.717) is 5.75 Å².